The lowest BCUT2D eigenvalue weighted by atomic mass is 10.1. The second kappa shape index (κ2) is 9.00. The molecule has 1 amide bonds. The Morgan fingerprint density at radius 1 is 1.00 bits per heavy atom. The second-order valence-corrected chi connectivity index (χ2v) is 7.65. The predicted molar refractivity (Wildman–Crippen MR) is 120 cm³/mol. The Kier molecular flexibility index (Phi) is 5.98. The zero-order valence-electron chi connectivity index (χ0n) is 18.1. The Labute approximate surface area is 181 Å². The lowest BCUT2D eigenvalue weighted by Crippen LogP contribution is -2.23. The summed E-state index contributed by atoms with van der Waals surface area (Å²) in [6.07, 6.45) is 1.04. The van der Waals surface area contributed by atoms with Gasteiger partial charge in [0.1, 0.15) is 11.5 Å². The molecule has 0 spiro atoms. The van der Waals surface area contributed by atoms with Gasteiger partial charge in [0.05, 0.1) is 5.69 Å². The topological polar surface area (TPSA) is 68.5 Å². The molecule has 6 heteroatoms. The van der Waals surface area contributed by atoms with Gasteiger partial charge in [-0.25, -0.2) is 9.50 Å². The summed E-state index contributed by atoms with van der Waals surface area (Å²) in [6.45, 7) is 6.46. The molecular formula is C25H26N4O2. The van der Waals surface area contributed by atoms with Gasteiger partial charge in [-0.05, 0) is 62.6 Å². The summed E-state index contributed by atoms with van der Waals surface area (Å²) in [4.78, 5) is 17.0. The zero-order chi connectivity index (χ0) is 21.8. The number of nitrogens with zero attached hydrogens (tertiary/aromatic N) is 3. The summed E-state index contributed by atoms with van der Waals surface area (Å²) in [5.41, 5.74) is 5.87. The van der Waals surface area contributed by atoms with Crippen molar-refractivity contribution >= 4 is 11.6 Å². The van der Waals surface area contributed by atoms with E-state index >= 15 is 0 Å². The maximum Gasteiger partial charge on any atom is 0.220 e. The number of rotatable bonds is 7. The van der Waals surface area contributed by atoms with Crippen LogP contribution in [0.15, 0.2) is 60.7 Å². The third kappa shape index (κ3) is 4.91. The normalized spacial score (nSPS) is 10.9. The first-order valence-electron chi connectivity index (χ1n) is 10.4. The van der Waals surface area contributed by atoms with Crippen LogP contribution in [-0.4, -0.2) is 20.5 Å². The molecular weight excluding hydrogens is 388 g/mol. The molecule has 0 aliphatic heterocycles. The molecule has 0 unspecified atom stereocenters. The Hall–Kier alpha value is -3.67. The molecule has 2 aromatic carbocycles. The number of carbonyl (C=O) groups is 1. The summed E-state index contributed by atoms with van der Waals surface area (Å²) in [5, 5.41) is 7.49. The third-order valence-electron chi connectivity index (χ3n) is 5.28. The molecule has 31 heavy (non-hydrogen) atoms. The number of carbonyl (C=O) groups excluding carboxylic acids is 1. The fourth-order valence-corrected chi connectivity index (χ4v) is 3.63. The first-order valence-corrected chi connectivity index (χ1v) is 10.4. The number of para-hydroxylation sites is 1. The van der Waals surface area contributed by atoms with Crippen LogP contribution in [0.25, 0.3) is 5.65 Å². The molecule has 2 aromatic heterocycles. The average molecular weight is 415 g/mol. The van der Waals surface area contributed by atoms with Crippen LogP contribution < -0.4 is 10.1 Å². The highest BCUT2D eigenvalue weighted by Crippen LogP contribution is 2.21. The van der Waals surface area contributed by atoms with Crippen molar-refractivity contribution in [2.45, 2.75) is 40.2 Å². The van der Waals surface area contributed by atoms with E-state index in [9.17, 15) is 4.79 Å². The highest BCUT2D eigenvalue weighted by molar-refractivity contribution is 5.76. The van der Waals surface area contributed by atoms with Crippen LogP contribution in [0.4, 0.5) is 0 Å². The fourth-order valence-electron chi connectivity index (χ4n) is 3.63. The zero-order valence-corrected chi connectivity index (χ0v) is 18.1. The van der Waals surface area contributed by atoms with E-state index in [1.54, 1.807) is 0 Å². The van der Waals surface area contributed by atoms with Crippen LogP contribution in [-0.2, 0) is 17.8 Å². The average Bonchev–Trinajstić information content (AvgIpc) is 3.14. The Balaban J connectivity index is 1.31. The molecule has 4 aromatic rings. The molecule has 0 aliphatic carbocycles. The number of hydrogen-bond donors (Lipinski definition) is 1. The number of amides is 1. The Bertz CT molecular complexity index is 1200. The summed E-state index contributed by atoms with van der Waals surface area (Å²) < 4.78 is 7.66. The van der Waals surface area contributed by atoms with Crippen molar-refractivity contribution in [2.24, 2.45) is 0 Å². The van der Waals surface area contributed by atoms with Gasteiger partial charge in [-0.1, -0.05) is 30.3 Å². The first kappa shape index (κ1) is 20.6. The molecule has 1 N–H and O–H groups in total. The third-order valence-corrected chi connectivity index (χ3v) is 5.28. The highest BCUT2D eigenvalue weighted by Gasteiger charge is 2.13. The second-order valence-electron chi connectivity index (χ2n) is 7.65. The number of aromatic nitrogens is 3. The van der Waals surface area contributed by atoms with Crippen molar-refractivity contribution < 1.29 is 9.53 Å². The van der Waals surface area contributed by atoms with Gasteiger partial charge < -0.3 is 10.1 Å². The van der Waals surface area contributed by atoms with Gasteiger partial charge in [0.15, 0.2) is 5.65 Å². The minimum absolute atomic E-state index is 0.0140. The molecule has 0 atom stereocenters. The molecule has 0 saturated heterocycles. The number of fused-ring (bicyclic) bond motifs is 1. The summed E-state index contributed by atoms with van der Waals surface area (Å²) in [7, 11) is 0. The van der Waals surface area contributed by atoms with Crippen molar-refractivity contribution in [1.82, 2.24) is 19.9 Å². The van der Waals surface area contributed by atoms with Crippen LogP contribution in [0.5, 0.6) is 11.5 Å². The fraction of sp³-hybridized carbons (Fsp3) is 0.240. The van der Waals surface area contributed by atoms with E-state index in [0.29, 0.717) is 19.4 Å². The molecule has 6 nitrogen and oxygen atoms in total. The monoisotopic (exact) mass is 414 g/mol. The van der Waals surface area contributed by atoms with Gasteiger partial charge in [-0.2, -0.15) is 5.10 Å². The van der Waals surface area contributed by atoms with Gasteiger partial charge in [0.25, 0.3) is 0 Å². The van der Waals surface area contributed by atoms with E-state index < -0.39 is 0 Å². The molecule has 0 bridgehead atoms. The molecule has 158 valence electrons. The Morgan fingerprint density at radius 2 is 1.71 bits per heavy atom. The van der Waals surface area contributed by atoms with E-state index in [1.165, 1.54) is 0 Å². The van der Waals surface area contributed by atoms with Gasteiger partial charge in [0, 0.05) is 30.4 Å². The lowest BCUT2D eigenvalue weighted by molar-refractivity contribution is -0.121. The minimum Gasteiger partial charge on any atom is -0.457 e. The van der Waals surface area contributed by atoms with Crippen LogP contribution in [0.3, 0.4) is 0 Å². The predicted octanol–water partition coefficient (Wildman–Crippen LogP) is 4.70. The molecule has 0 saturated carbocycles. The van der Waals surface area contributed by atoms with Crippen LogP contribution >= 0.6 is 0 Å². The summed E-state index contributed by atoms with van der Waals surface area (Å²) in [6, 6.07) is 19.4. The standard InChI is InChI=1S/C25H26N4O2/c1-17-15-24-27-18(2)23(19(3)29(24)28-17)13-14-25(30)26-16-20-9-11-22(12-10-20)31-21-7-5-4-6-8-21/h4-12,15H,13-14,16H2,1-3H3,(H,26,30). The highest BCUT2D eigenvalue weighted by atomic mass is 16.5. The van der Waals surface area contributed by atoms with E-state index in [4.69, 9.17) is 4.74 Å². The number of hydrogen-bond acceptors (Lipinski definition) is 4. The largest absolute Gasteiger partial charge is 0.457 e. The van der Waals surface area contributed by atoms with E-state index in [2.05, 4.69) is 15.4 Å². The van der Waals surface area contributed by atoms with Crippen molar-refractivity contribution in [3.8, 4) is 11.5 Å². The number of nitrogens with one attached hydrogen (secondary N) is 1. The van der Waals surface area contributed by atoms with E-state index in [0.717, 1.165) is 45.4 Å². The maximum atomic E-state index is 12.4. The summed E-state index contributed by atoms with van der Waals surface area (Å²) >= 11 is 0. The first-order chi connectivity index (χ1) is 15.0. The van der Waals surface area contributed by atoms with Crippen molar-refractivity contribution in [3.05, 3.63) is 88.9 Å². The van der Waals surface area contributed by atoms with Crippen LogP contribution in [0, 0.1) is 20.8 Å². The molecule has 0 aliphatic rings. The summed E-state index contributed by atoms with van der Waals surface area (Å²) in [5.74, 6) is 1.58. The quantitative estimate of drug-likeness (QED) is 0.476. The van der Waals surface area contributed by atoms with Crippen LogP contribution in [0.1, 0.15) is 34.6 Å². The lowest BCUT2D eigenvalue weighted by Gasteiger charge is -2.11. The number of ether oxygens (including phenoxy) is 1. The molecule has 4 rings (SSSR count). The number of benzene rings is 2. The molecule has 0 fully saturated rings. The van der Waals surface area contributed by atoms with Gasteiger partial charge >= 0.3 is 0 Å². The van der Waals surface area contributed by atoms with Crippen molar-refractivity contribution in [3.63, 3.8) is 0 Å². The van der Waals surface area contributed by atoms with E-state index in [1.807, 2.05) is 86.0 Å². The van der Waals surface area contributed by atoms with Crippen molar-refractivity contribution in [1.29, 1.82) is 0 Å². The smallest absolute Gasteiger partial charge is 0.220 e. The van der Waals surface area contributed by atoms with Crippen LogP contribution in [0.2, 0.25) is 0 Å². The molecule has 2 heterocycles. The van der Waals surface area contributed by atoms with Gasteiger partial charge in [-0.3, -0.25) is 4.79 Å². The molecule has 0 radical (unpaired) electrons. The van der Waals surface area contributed by atoms with E-state index in [-0.39, 0.29) is 5.91 Å². The number of aryl methyl sites for hydroxylation is 3. The minimum atomic E-state index is 0.0140. The maximum absolute atomic E-state index is 12.4. The SMILES string of the molecule is Cc1cc2nc(C)c(CCC(=O)NCc3ccc(Oc4ccccc4)cc3)c(C)n2n1. The van der Waals surface area contributed by atoms with Crippen molar-refractivity contribution in [2.75, 3.05) is 0 Å². The Morgan fingerprint density at radius 3 is 2.45 bits per heavy atom. The van der Waals surface area contributed by atoms with Gasteiger partial charge in [0.2, 0.25) is 5.91 Å². The van der Waals surface area contributed by atoms with Gasteiger partial charge in [-0.15, -0.1) is 0 Å².